The number of aromatic nitrogens is 4. The number of nitrogens with two attached hydrogens (primary N) is 1. The standard InChI is InChI=1S/C32H43N7O4/c1-6-38-26-12-11-21(30-36-27(43-37-30)17-25(33)31(41)39-15-8-7-14-35-39)16-23(26)24(18-32(3,4)19-42-5)29(38)22-10-9-13-34-28(22)20(2)40/h9-13,16,20,25,35,40H,6-8,14-15,17-19,33H2,1-5H3. The maximum absolute atomic E-state index is 12.8. The van der Waals surface area contributed by atoms with Gasteiger partial charge in [0.25, 0.3) is 5.91 Å². The molecule has 4 N–H and O–H groups in total. The van der Waals surface area contributed by atoms with Gasteiger partial charge in [0.2, 0.25) is 11.7 Å². The number of pyridine rings is 1. The number of aryl methyl sites for hydroxylation is 1. The van der Waals surface area contributed by atoms with Gasteiger partial charge in [-0.05, 0) is 74.4 Å². The Kier molecular flexibility index (Phi) is 9.26. The summed E-state index contributed by atoms with van der Waals surface area (Å²) in [5, 5.41) is 17.5. The second kappa shape index (κ2) is 12.9. The van der Waals surface area contributed by atoms with Crippen LogP contribution in [0.1, 0.15) is 63.8 Å². The van der Waals surface area contributed by atoms with Gasteiger partial charge in [0, 0.05) is 55.0 Å². The second-order valence-electron chi connectivity index (χ2n) is 12.1. The number of hydrogen-bond donors (Lipinski definition) is 3. The first-order chi connectivity index (χ1) is 20.6. The van der Waals surface area contributed by atoms with Crippen LogP contribution in [0.25, 0.3) is 33.5 Å². The molecule has 0 bridgehead atoms. The Hall–Kier alpha value is -3.64. The van der Waals surface area contributed by atoms with E-state index in [4.69, 9.17) is 15.0 Å². The van der Waals surface area contributed by atoms with Crippen LogP contribution in [0.15, 0.2) is 41.1 Å². The van der Waals surface area contributed by atoms with Crippen LogP contribution in [-0.2, 0) is 28.9 Å². The molecule has 3 aromatic heterocycles. The monoisotopic (exact) mass is 589 g/mol. The molecule has 11 heteroatoms. The van der Waals surface area contributed by atoms with Crippen molar-refractivity contribution < 1.29 is 19.2 Å². The number of carbonyl (C=O) groups excluding carboxylic acids is 1. The van der Waals surface area contributed by atoms with E-state index in [0.717, 1.165) is 65.6 Å². The van der Waals surface area contributed by atoms with Gasteiger partial charge < -0.3 is 24.7 Å². The summed E-state index contributed by atoms with van der Waals surface area (Å²) < 4.78 is 13.4. The number of aliphatic hydroxyl groups is 1. The molecule has 2 unspecified atom stereocenters. The van der Waals surface area contributed by atoms with Crippen LogP contribution >= 0.6 is 0 Å². The molecule has 5 rings (SSSR count). The maximum Gasteiger partial charge on any atom is 0.254 e. The van der Waals surface area contributed by atoms with Crippen LogP contribution in [-0.4, -0.2) is 68.6 Å². The summed E-state index contributed by atoms with van der Waals surface area (Å²) >= 11 is 0. The summed E-state index contributed by atoms with van der Waals surface area (Å²) in [5.74, 6) is 0.578. The van der Waals surface area contributed by atoms with Crippen molar-refractivity contribution in [2.24, 2.45) is 11.1 Å². The zero-order chi connectivity index (χ0) is 30.7. The highest BCUT2D eigenvalue weighted by molar-refractivity contribution is 5.94. The average molecular weight is 590 g/mol. The van der Waals surface area contributed by atoms with Crippen molar-refractivity contribution in [1.29, 1.82) is 0 Å². The maximum atomic E-state index is 12.8. The lowest BCUT2D eigenvalue weighted by atomic mass is 9.84. The van der Waals surface area contributed by atoms with Gasteiger partial charge in [0.05, 0.1) is 36.6 Å². The van der Waals surface area contributed by atoms with E-state index in [1.165, 1.54) is 0 Å². The zero-order valence-electron chi connectivity index (χ0n) is 25.8. The number of fused-ring (bicyclic) bond motifs is 1. The van der Waals surface area contributed by atoms with Crippen molar-refractivity contribution in [3.63, 3.8) is 0 Å². The molecule has 1 amide bonds. The number of rotatable bonds is 11. The average Bonchev–Trinajstić information content (AvgIpc) is 3.58. The Morgan fingerprint density at radius 1 is 1.28 bits per heavy atom. The number of ether oxygens (including phenoxy) is 1. The second-order valence-corrected chi connectivity index (χ2v) is 12.1. The molecule has 0 spiro atoms. The third-order valence-corrected chi connectivity index (χ3v) is 7.98. The van der Waals surface area contributed by atoms with E-state index >= 15 is 0 Å². The number of nitrogens with zero attached hydrogens (tertiary/aromatic N) is 5. The van der Waals surface area contributed by atoms with E-state index in [1.807, 2.05) is 18.2 Å². The molecule has 230 valence electrons. The first-order valence-corrected chi connectivity index (χ1v) is 15.0. The number of amides is 1. The van der Waals surface area contributed by atoms with Gasteiger partial charge in [-0.3, -0.25) is 14.8 Å². The summed E-state index contributed by atoms with van der Waals surface area (Å²) in [7, 11) is 1.72. The predicted octanol–water partition coefficient (Wildman–Crippen LogP) is 4.04. The number of nitrogens with one attached hydrogen (secondary N) is 1. The zero-order valence-corrected chi connectivity index (χ0v) is 25.8. The SMILES string of the molecule is CCn1c(-c2cccnc2C(C)O)c(CC(C)(C)COC)c2cc(-c3noc(CC(N)C(=O)N4CCCCN4)n3)ccc21. The van der Waals surface area contributed by atoms with E-state index in [-0.39, 0.29) is 17.7 Å². The smallest absolute Gasteiger partial charge is 0.254 e. The van der Waals surface area contributed by atoms with Gasteiger partial charge in [-0.25, -0.2) is 5.43 Å². The Bertz CT molecular complexity index is 1570. The molecule has 1 aromatic carbocycles. The van der Waals surface area contributed by atoms with Crippen molar-refractivity contribution in [3.8, 4) is 22.6 Å². The predicted molar refractivity (Wildman–Crippen MR) is 165 cm³/mol. The minimum Gasteiger partial charge on any atom is -0.387 e. The Labute approximate surface area is 252 Å². The molecule has 1 aliphatic rings. The minimum atomic E-state index is -0.778. The van der Waals surface area contributed by atoms with Crippen molar-refractivity contribution in [2.45, 2.75) is 72.1 Å². The van der Waals surface area contributed by atoms with E-state index in [1.54, 1.807) is 25.2 Å². The minimum absolute atomic E-state index is 0.155. The highest BCUT2D eigenvalue weighted by Gasteiger charge is 2.29. The highest BCUT2D eigenvalue weighted by Crippen LogP contribution is 2.41. The molecular formula is C32H43N7O4. The van der Waals surface area contributed by atoms with Gasteiger partial charge in [0.1, 0.15) is 0 Å². The molecule has 2 atom stereocenters. The molecule has 1 saturated heterocycles. The summed E-state index contributed by atoms with van der Waals surface area (Å²) in [6.45, 7) is 11.0. The molecule has 11 nitrogen and oxygen atoms in total. The van der Waals surface area contributed by atoms with E-state index < -0.39 is 12.1 Å². The van der Waals surface area contributed by atoms with Gasteiger partial charge in [-0.15, -0.1) is 0 Å². The summed E-state index contributed by atoms with van der Waals surface area (Å²) in [4.78, 5) is 21.9. The van der Waals surface area contributed by atoms with Crippen LogP contribution in [0.4, 0.5) is 0 Å². The molecular weight excluding hydrogens is 546 g/mol. The molecule has 1 aliphatic heterocycles. The Morgan fingerprint density at radius 2 is 2.09 bits per heavy atom. The van der Waals surface area contributed by atoms with Crippen molar-refractivity contribution >= 4 is 16.8 Å². The molecule has 4 aromatic rings. The molecule has 0 aliphatic carbocycles. The number of carbonyl (C=O) groups is 1. The van der Waals surface area contributed by atoms with Crippen LogP contribution < -0.4 is 11.2 Å². The summed E-state index contributed by atoms with van der Waals surface area (Å²) in [5.41, 5.74) is 14.8. The third kappa shape index (κ3) is 6.50. The highest BCUT2D eigenvalue weighted by atomic mass is 16.5. The molecule has 43 heavy (non-hydrogen) atoms. The lowest BCUT2D eigenvalue weighted by Gasteiger charge is -2.29. The van der Waals surface area contributed by atoms with Crippen molar-refractivity contribution in [1.82, 2.24) is 30.1 Å². The molecule has 0 saturated carbocycles. The number of aliphatic hydroxyl groups excluding tert-OH is 1. The van der Waals surface area contributed by atoms with Crippen LogP contribution in [0.5, 0.6) is 0 Å². The molecule has 1 fully saturated rings. The number of benzene rings is 1. The molecule has 4 heterocycles. The van der Waals surface area contributed by atoms with Gasteiger partial charge in [-0.2, -0.15) is 4.98 Å². The van der Waals surface area contributed by atoms with Crippen LogP contribution in [0, 0.1) is 5.41 Å². The fourth-order valence-corrected chi connectivity index (χ4v) is 6.06. The van der Waals surface area contributed by atoms with Crippen molar-refractivity contribution in [2.75, 3.05) is 26.8 Å². The Balaban J connectivity index is 1.55. The first kappa shape index (κ1) is 30.8. The van der Waals surface area contributed by atoms with Gasteiger partial charge in [-0.1, -0.05) is 19.0 Å². The van der Waals surface area contributed by atoms with Crippen LogP contribution in [0.3, 0.4) is 0 Å². The van der Waals surface area contributed by atoms with Crippen LogP contribution in [0.2, 0.25) is 0 Å². The Morgan fingerprint density at radius 3 is 2.79 bits per heavy atom. The van der Waals surface area contributed by atoms with Gasteiger partial charge >= 0.3 is 0 Å². The summed E-state index contributed by atoms with van der Waals surface area (Å²) in [6, 6.07) is 9.32. The van der Waals surface area contributed by atoms with E-state index in [9.17, 15) is 9.90 Å². The third-order valence-electron chi connectivity index (χ3n) is 7.98. The number of hydrazine groups is 1. The number of hydrogen-bond acceptors (Lipinski definition) is 9. The number of methoxy groups -OCH3 is 1. The lowest BCUT2D eigenvalue weighted by molar-refractivity contribution is -0.137. The van der Waals surface area contributed by atoms with Gasteiger partial charge in [0.15, 0.2) is 0 Å². The fourth-order valence-electron chi connectivity index (χ4n) is 6.06. The first-order valence-electron chi connectivity index (χ1n) is 15.0. The largest absolute Gasteiger partial charge is 0.387 e. The topological polar surface area (TPSA) is 145 Å². The molecule has 0 radical (unpaired) electrons. The quantitative estimate of drug-likeness (QED) is 0.236. The van der Waals surface area contributed by atoms with E-state index in [0.29, 0.717) is 30.6 Å². The fraction of sp³-hybridized carbons (Fsp3) is 0.500. The van der Waals surface area contributed by atoms with Crippen molar-refractivity contribution in [3.05, 3.63) is 53.7 Å². The lowest BCUT2D eigenvalue weighted by Crippen LogP contribution is -2.53. The summed E-state index contributed by atoms with van der Waals surface area (Å²) in [6.07, 6.45) is 3.86. The normalized spacial score (nSPS) is 15.7. The van der Waals surface area contributed by atoms with E-state index in [2.05, 4.69) is 58.0 Å².